The molecule has 20 heavy (non-hydrogen) atoms. The Bertz CT molecular complexity index is 636. The van der Waals surface area contributed by atoms with Gasteiger partial charge in [-0.15, -0.1) is 0 Å². The lowest BCUT2D eigenvalue weighted by Crippen LogP contribution is -2.24. The van der Waals surface area contributed by atoms with Crippen molar-refractivity contribution < 1.29 is 0 Å². The van der Waals surface area contributed by atoms with Gasteiger partial charge in [0.15, 0.2) is 0 Å². The molecule has 2 rings (SSSR count). The second-order valence-corrected chi connectivity index (χ2v) is 4.82. The molecule has 0 amide bonds. The molecule has 2 aromatic rings. The molecule has 0 atom stereocenters. The monoisotopic (exact) mass is 272 g/mol. The summed E-state index contributed by atoms with van der Waals surface area (Å²) in [6, 6.07) is 9.66. The van der Waals surface area contributed by atoms with Gasteiger partial charge in [-0.05, 0) is 44.5 Å². The van der Waals surface area contributed by atoms with Gasteiger partial charge in [0, 0.05) is 18.3 Å². The third kappa shape index (κ3) is 3.45. The van der Waals surface area contributed by atoms with Crippen molar-refractivity contribution in [2.75, 3.05) is 18.0 Å². The molecule has 106 valence electrons. The summed E-state index contributed by atoms with van der Waals surface area (Å²) in [6.45, 7) is 5.16. The highest BCUT2D eigenvalue weighted by Crippen LogP contribution is 2.23. The summed E-state index contributed by atoms with van der Waals surface area (Å²) in [5.74, 6) is 1.27. The van der Waals surface area contributed by atoms with E-state index in [1.54, 1.807) is 6.92 Å². The SMILES string of the molecule is Cc1cccc(N(CCCN)c2cc(=O)[nH]c(C)n2)c1. The molecule has 5 heteroatoms. The van der Waals surface area contributed by atoms with Gasteiger partial charge in [0.2, 0.25) is 0 Å². The molecule has 0 unspecified atom stereocenters. The van der Waals surface area contributed by atoms with Crippen LogP contribution in [-0.2, 0) is 0 Å². The Morgan fingerprint density at radius 1 is 1.30 bits per heavy atom. The smallest absolute Gasteiger partial charge is 0.252 e. The summed E-state index contributed by atoms with van der Waals surface area (Å²) in [4.78, 5) is 20.8. The Kier molecular flexibility index (Phi) is 4.53. The molecular weight excluding hydrogens is 252 g/mol. The van der Waals surface area contributed by atoms with Crippen LogP contribution in [0.25, 0.3) is 0 Å². The predicted molar refractivity (Wildman–Crippen MR) is 81.5 cm³/mol. The topological polar surface area (TPSA) is 75.0 Å². The zero-order valence-corrected chi connectivity index (χ0v) is 11.9. The molecule has 0 aliphatic rings. The molecule has 1 aromatic carbocycles. The highest BCUT2D eigenvalue weighted by Gasteiger charge is 2.11. The van der Waals surface area contributed by atoms with Crippen LogP contribution in [0, 0.1) is 13.8 Å². The minimum Gasteiger partial charge on any atom is -0.330 e. The number of aromatic amines is 1. The Morgan fingerprint density at radius 2 is 2.10 bits per heavy atom. The van der Waals surface area contributed by atoms with Gasteiger partial charge in [-0.25, -0.2) is 4.98 Å². The van der Waals surface area contributed by atoms with Crippen molar-refractivity contribution in [2.45, 2.75) is 20.3 Å². The van der Waals surface area contributed by atoms with Crippen LogP contribution < -0.4 is 16.2 Å². The molecular formula is C15H20N4O. The molecule has 0 radical (unpaired) electrons. The first kappa shape index (κ1) is 14.3. The fourth-order valence-electron chi connectivity index (χ4n) is 2.12. The number of hydrogen-bond acceptors (Lipinski definition) is 4. The van der Waals surface area contributed by atoms with Gasteiger partial charge in [-0.2, -0.15) is 0 Å². The van der Waals surface area contributed by atoms with E-state index in [1.165, 1.54) is 11.6 Å². The lowest BCUT2D eigenvalue weighted by molar-refractivity contribution is 0.804. The molecule has 3 N–H and O–H groups in total. The molecule has 0 spiro atoms. The third-order valence-corrected chi connectivity index (χ3v) is 3.02. The van der Waals surface area contributed by atoms with Gasteiger partial charge in [-0.1, -0.05) is 12.1 Å². The molecule has 0 aliphatic carbocycles. The van der Waals surface area contributed by atoms with Gasteiger partial charge in [-0.3, -0.25) is 4.79 Å². The summed E-state index contributed by atoms with van der Waals surface area (Å²) in [5.41, 5.74) is 7.66. The first-order valence-electron chi connectivity index (χ1n) is 6.72. The summed E-state index contributed by atoms with van der Waals surface area (Å²) < 4.78 is 0. The van der Waals surface area contributed by atoms with Crippen molar-refractivity contribution in [1.82, 2.24) is 9.97 Å². The molecule has 0 bridgehead atoms. The van der Waals surface area contributed by atoms with Gasteiger partial charge >= 0.3 is 0 Å². The van der Waals surface area contributed by atoms with Crippen LogP contribution in [0.1, 0.15) is 17.8 Å². The van der Waals surface area contributed by atoms with Crippen molar-refractivity contribution in [3.8, 4) is 0 Å². The van der Waals surface area contributed by atoms with Crippen LogP contribution in [0.5, 0.6) is 0 Å². The maximum atomic E-state index is 11.6. The number of nitrogens with two attached hydrogens (primary N) is 1. The highest BCUT2D eigenvalue weighted by atomic mass is 16.1. The standard InChI is InChI=1S/C15H20N4O/c1-11-5-3-6-13(9-11)19(8-4-7-16)14-10-15(20)18-12(2)17-14/h3,5-6,9-10H,4,7-8,16H2,1-2H3,(H,17,18,20). The van der Waals surface area contributed by atoms with Crippen LogP contribution in [0.15, 0.2) is 35.1 Å². The number of aryl methyl sites for hydroxylation is 2. The van der Waals surface area contributed by atoms with Crippen LogP contribution >= 0.6 is 0 Å². The normalized spacial score (nSPS) is 10.6. The van der Waals surface area contributed by atoms with Crippen molar-refractivity contribution >= 4 is 11.5 Å². The Hall–Kier alpha value is -2.14. The summed E-state index contributed by atoms with van der Waals surface area (Å²) in [6.07, 6.45) is 0.835. The van der Waals surface area contributed by atoms with Crippen molar-refractivity contribution in [2.24, 2.45) is 5.73 Å². The average Bonchev–Trinajstić information content (AvgIpc) is 2.38. The molecule has 0 saturated heterocycles. The van der Waals surface area contributed by atoms with E-state index in [-0.39, 0.29) is 5.56 Å². The molecule has 1 aromatic heterocycles. The highest BCUT2D eigenvalue weighted by molar-refractivity contribution is 5.60. The van der Waals surface area contributed by atoms with E-state index in [4.69, 9.17) is 5.73 Å². The minimum absolute atomic E-state index is 0.141. The molecule has 0 aliphatic heterocycles. The number of nitrogens with one attached hydrogen (secondary N) is 1. The zero-order valence-electron chi connectivity index (χ0n) is 11.9. The number of rotatable bonds is 5. The van der Waals surface area contributed by atoms with E-state index in [0.717, 1.165) is 18.7 Å². The van der Waals surface area contributed by atoms with Crippen molar-refractivity contribution in [3.05, 3.63) is 52.1 Å². The first-order valence-corrected chi connectivity index (χ1v) is 6.72. The number of benzene rings is 1. The van der Waals surface area contributed by atoms with Gasteiger partial charge in [0.05, 0.1) is 0 Å². The number of H-pyrrole nitrogens is 1. The fraction of sp³-hybridized carbons (Fsp3) is 0.333. The van der Waals surface area contributed by atoms with Crippen molar-refractivity contribution in [1.29, 1.82) is 0 Å². The summed E-state index contributed by atoms with van der Waals surface area (Å²) in [5, 5.41) is 0. The maximum Gasteiger partial charge on any atom is 0.252 e. The lowest BCUT2D eigenvalue weighted by atomic mass is 10.2. The van der Waals surface area contributed by atoms with Gasteiger partial charge in [0.25, 0.3) is 5.56 Å². The van der Waals surface area contributed by atoms with Crippen molar-refractivity contribution in [3.63, 3.8) is 0 Å². The fourth-order valence-corrected chi connectivity index (χ4v) is 2.12. The number of anilines is 2. The van der Waals surface area contributed by atoms with Crippen LogP contribution in [0.4, 0.5) is 11.5 Å². The Balaban J connectivity index is 2.43. The van der Waals surface area contributed by atoms with Gasteiger partial charge < -0.3 is 15.6 Å². The van der Waals surface area contributed by atoms with E-state index < -0.39 is 0 Å². The quantitative estimate of drug-likeness (QED) is 0.871. The Morgan fingerprint density at radius 3 is 2.75 bits per heavy atom. The Labute approximate surface area is 118 Å². The number of aromatic nitrogens is 2. The molecule has 5 nitrogen and oxygen atoms in total. The summed E-state index contributed by atoms with van der Waals surface area (Å²) in [7, 11) is 0. The van der Waals surface area contributed by atoms with E-state index >= 15 is 0 Å². The average molecular weight is 272 g/mol. The number of hydrogen-bond donors (Lipinski definition) is 2. The van der Waals surface area contributed by atoms with Gasteiger partial charge in [0.1, 0.15) is 11.6 Å². The maximum absolute atomic E-state index is 11.6. The number of nitrogens with zero attached hydrogens (tertiary/aromatic N) is 2. The summed E-state index contributed by atoms with van der Waals surface area (Å²) >= 11 is 0. The first-order chi connectivity index (χ1) is 9.60. The lowest BCUT2D eigenvalue weighted by Gasteiger charge is -2.24. The third-order valence-electron chi connectivity index (χ3n) is 3.02. The molecule has 0 fully saturated rings. The van der Waals surface area contributed by atoms with E-state index in [0.29, 0.717) is 18.2 Å². The second kappa shape index (κ2) is 6.34. The van der Waals surface area contributed by atoms with Crippen LogP contribution in [-0.4, -0.2) is 23.1 Å². The molecule has 0 saturated carbocycles. The molecule has 1 heterocycles. The van der Waals surface area contributed by atoms with E-state index in [2.05, 4.69) is 16.0 Å². The zero-order chi connectivity index (χ0) is 14.5. The minimum atomic E-state index is -0.141. The second-order valence-electron chi connectivity index (χ2n) is 4.82. The van der Waals surface area contributed by atoms with E-state index in [1.807, 2.05) is 30.0 Å². The predicted octanol–water partition coefficient (Wildman–Crippen LogP) is 1.87. The largest absolute Gasteiger partial charge is 0.330 e. The van der Waals surface area contributed by atoms with Crippen LogP contribution in [0.3, 0.4) is 0 Å². The van der Waals surface area contributed by atoms with Crippen LogP contribution in [0.2, 0.25) is 0 Å². The van der Waals surface area contributed by atoms with E-state index in [9.17, 15) is 4.79 Å².